The summed E-state index contributed by atoms with van der Waals surface area (Å²) in [4.78, 5) is 19.1. The van der Waals surface area contributed by atoms with E-state index in [-0.39, 0.29) is 23.0 Å². The lowest BCUT2D eigenvalue weighted by Crippen LogP contribution is -2.33. The summed E-state index contributed by atoms with van der Waals surface area (Å²) >= 11 is 12.2. The Hall–Kier alpha value is -2.95. The van der Waals surface area contributed by atoms with Crippen LogP contribution in [0.5, 0.6) is 0 Å². The van der Waals surface area contributed by atoms with Gasteiger partial charge in [-0.2, -0.15) is 0 Å². The minimum absolute atomic E-state index is 0.161. The second kappa shape index (κ2) is 7.82. The Kier molecular flexibility index (Phi) is 5.22. The predicted molar refractivity (Wildman–Crippen MR) is 116 cm³/mol. The summed E-state index contributed by atoms with van der Waals surface area (Å²) in [5, 5.41) is 0.890. The summed E-state index contributed by atoms with van der Waals surface area (Å²) in [6.45, 7) is 1.92. The summed E-state index contributed by atoms with van der Waals surface area (Å²) in [6, 6.07) is 18.6. The number of aliphatic imine (C=N–C) groups is 1. The van der Waals surface area contributed by atoms with Crippen molar-refractivity contribution in [2.24, 2.45) is 4.99 Å². The maximum Gasteiger partial charge on any atom is 0.282 e. The molecule has 1 aliphatic heterocycles. The van der Waals surface area contributed by atoms with Crippen molar-refractivity contribution in [3.05, 3.63) is 105 Å². The Bertz CT molecular complexity index is 1190. The number of rotatable bonds is 3. The Labute approximate surface area is 177 Å². The number of hydrogen-bond donors (Lipinski definition) is 0. The van der Waals surface area contributed by atoms with Crippen LogP contribution in [-0.4, -0.2) is 11.7 Å². The number of carbonyl (C=O) groups is 1. The van der Waals surface area contributed by atoms with E-state index in [0.29, 0.717) is 21.3 Å². The topological polar surface area (TPSA) is 32.7 Å². The molecule has 1 heterocycles. The number of benzene rings is 3. The quantitative estimate of drug-likeness (QED) is 0.455. The Morgan fingerprint density at radius 3 is 2.52 bits per heavy atom. The average molecular weight is 425 g/mol. The molecule has 0 aliphatic carbocycles. The summed E-state index contributed by atoms with van der Waals surface area (Å²) in [7, 11) is 0. The first-order valence-electron chi connectivity index (χ1n) is 8.85. The molecule has 1 amide bonds. The van der Waals surface area contributed by atoms with Gasteiger partial charge < -0.3 is 0 Å². The zero-order valence-electron chi connectivity index (χ0n) is 15.4. The third kappa shape index (κ3) is 3.82. The van der Waals surface area contributed by atoms with Crippen molar-refractivity contribution in [2.75, 3.05) is 4.90 Å². The predicted octanol–water partition coefficient (Wildman–Crippen LogP) is 6.28. The number of aryl methyl sites for hydroxylation is 1. The van der Waals surface area contributed by atoms with Gasteiger partial charge in [-0.15, -0.1) is 0 Å². The lowest BCUT2D eigenvalue weighted by atomic mass is 10.1. The zero-order chi connectivity index (χ0) is 20.5. The van der Waals surface area contributed by atoms with Crippen LogP contribution >= 0.6 is 23.2 Å². The maximum absolute atomic E-state index is 14.5. The molecule has 4 rings (SSSR count). The van der Waals surface area contributed by atoms with Gasteiger partial charge in [-0.1, -0.05) is 53.5 Å². The summed E-state index contributed by atoms with van der Waals surface area (Å²) in [5.74, 6) is -0.586. The van der Waals surface area contributed by atoms with Crippen LogP contribution in [-0.2, 0) is 4.79 Å². The molecule has 0 spiro atoms. The van der Waals surface area contributed by atoms with Crippen LogP contribution in [0.4, 0.5) is 10.1 Å². The molecule has 0 bridgehead atoms. The third-order valence-electron chi connectivity index (χ3n) is 4.49. The van der Waals surface area contributed by atoms with E-state index in [0.717, 1.165) is 5.56 Å². The van der Waals surface area contributed by atoms with Gasteiger partial charge in [0.25, 0.3) is 5.91 Å². The normalized spacial score (nSPS) is 15.2. The van der Waals surface area contributed by atoms with Crippen LogP contribution in [0, 0.1) is 12.7 Å². The van der Waals surface area contributed by atoms with E-state index in [9.17, 15) is 9.18 Å². The molecule has 3 aromatic carbocycles. The molecule has 0 unspecified atom stereocenters. The van der Waals surface area contributed by atoms with Crippen molar-refractivity contribution in [2.45, 2.75) is 6.92 Å². The Morgan fingerprint density at radius 1 is 1.00 bits per heavy atom. The van der Waals surface area contributed by atoms with Gasteiger partial charge in [0.2, 0.25) is 0 Å². The van der Waals surface area contributed by atoms with Gasteiger partial charge in [-0.25, -0.2) is 9.38 Å². The number of hydrogen-bond acceptors (Lipinski definition) is 2. The van der Waals surface area contributed by atoms with E-state index in [1.165, 1.54) is 11.0 Å². The highest BCUT2D eigenvalue weighted by Gasteiger charge is 2.33. The van der Waals surface area contributed by atoms with Crippen molar-refractivity contribution in [1.29, 1.82) is 0 Å². The molecule has 0 saturated heterocycles. The second-order valence-corrected chi connectivity index (χ2v) is 7.43. The molecule has 0 radical (unpaired) electrons. The molecular formula is C23H15Cl2FN2O. The fourth-order valence-electron chi connectivity index (χ4n) is 3.11. The van der Waals surface area contributed by atoms with Crippen molar-refractivity contribution < 1.29 is 9.18 Å². The average Bonchev–Trinajstić information content (AvgIpc) is 3.00. The van der Waals surface area contributed by atoms with E-state index >= 15 is 0 Å². The van der Waals surface area contributed by atoms with Gasteiger partial charge in [0, 0.05) is 10.0 Å². The number of carbonyl (C=O) groups excluding carboxylic acids is 1. The van der Waals surface area contributed by atoms with Crippen molar-refractivity contribution in [3.63, 3.8) is 0 Å². The first kappa shape index (κ1) is 19.4. The highest BCUT2D eigenvalue weighted by molar-refractivity contribution is 6.36. The molecule has 0 saturated carbocycles. The van der Waals surface area contributed by atoms with Crippen LogP contribution in [0.15, 0.2) is 77.4 Å². The highest BCUT2D eigenvalue weighted by atomic mass is 35.5. The van der Waals surface area contributed by atoms with Gasteiger partial charge in [0.15, 0.2) is 5.84 Å². The van der Waals surface area contributed by atoms with Gasteiger partial charge in [0.05, 0.1) is 11.3 Å². The van der Waals surface area contributed by atoms with E-state index in [2.05, 4.69) is 4.99 Å². The van der Waals surface area contributed by atoms with Crippen LogP contribution in [0.2, 0.25) is 10.0 Å². The highest BCUT2D eigenvalue weighted by Crippen LogP contribution is 2.31. The molecule has 0 atom stereocenters. The van der Waals surface area contributed by atoms with Crippen LogP contribution in [0.25, 0.3) is 6.08 Å². The van der Waals surface area contributed by atoms with Crippen LogP contribution < -0.4 is 4.90 Å². The van der Waals surface area contributed by atoms with E-state index in [1.54, 1.807) is 48.5 Å². The van der Waals surface area contributed by atoms with Crippen molar-refractivity contribution >= 4 is 46.7 Å². The molecule has 3 aromatic rings. The first-order chi connectivity index (χ1) is 13.9. The van der Waals surface area contributed by atoms with Gasteiger partial charge in [-0.05, 0) is 60.5 Å². The Balaban J connectivity index is 1.87. The first-order valence-corrected chi connectivity index (χ1v) is 9.61. The van der Waals surface area contributed by atoms with Gasteiger partial charge in [-0.3, -0.25) is 9.69 Å². The molecular weight excluding hydrogens is 410 g/mol. The fraction of sp³-hybridized carbons (Fsp3) is 0.0435. The number of anilines is 1. The lowest BCUT2D eigenvalue weighted by Gasteiger charge is -2.19. The molecule has 0 fully saturated rings. The molecule has 3 nitrogen and oxygen atoms in total. The number of halogens is 3. The zero-order valence-corrected chi connectivity index (χ0v) is 16.9. The SMILES string of the molecule is Cc1cccc(N2C(=O)/C(=C\c3ccc(Cl)cc3Cl)N=C2c2ccccc2F)c1. The van der Waals surface area contributed by atoms with Crippen molar-refractivity contribution in [1.82, 2.24) is 0 Å². The molecule has 144 valence electrons. The molecule has 29 heavy (non-hydrogen) atoms. The minimum Gasteiger partial charge on any atom is -0.266 e. The standard InChI is InChI=1S/C23H15Cl2FN2O/c1-14-5-4-6-17(11-14)28-22(18-7-2-3-8-20(18)26)27-21(23(28)29)12-15-9-10-16(24)13-19(15)25/h2-13H,1H3/b21-12+. The van der Waals surface area contributed by atoms with Crippen molar-refractivity contribution in [3.8, 4) is 0 Å². The van der Waals surface area contributed by atoms with E-state index < -0.39 is 5.82 Å². The Morgan fingerprint density at radius 2 is 1.79 bits per heavy atom. The fourth-order valence-corrected chi connectivity index (χ4v) is 3.58. The van der Waals surface area contributed by atoms with Crippen LogP contribution in [0.1, 0.15) is 16.7 Å². The van der Waals surface area contributed by atoms with E-state index in [1.807, 2.05) is 25.1 Å². The third-order valence-corrected chi connectivity index (χ3v) is 5.05. The van der Waals surface area contributed by atoms with E-state index in [4.69, 9.17) is 23.2 Å². The molecule has 1 aliphatic rings. The minimum atomic E-state index is -0.456. The maximum atomic E-state index is 14.5. The number of nitrogens with zero attached hydrogens (tertiary/aromatic N) is 2. The number of amidine groups is 1. The monoisotopic (exact) mass is 424 g/mol. The second-order valence-electron chi connectivity index (χ2n) is 6.59. The summed E-state index contributed by atoms with van der Waals surface area (Å²) in [5.41, 5.74) is 2.59. The molecule has 6 heteroatoms. The summed E-state index contributed by atoms with van der Waals surface area (Å²) in [6.07, 6.45) is 1.58. The van der Waals surface area contributed by atoms with Gasteiger partial charge in [0.1, 0.15) is 11.5 Å². The van der Waals surface area contributed by atoms with Gasteiger partial charge >= 0.3 is 0 Å². The molecule has 0 N–H and O–H groups in total. The smallest absolute Gasteiger partial charge is 0.266 e. The number of amides is 1. The largest absolute Gasteiger partial charge is 0.282 e. The summed E-state index contributed by atoms with van der Waals surface area (Å²) < 4.78 is 14.5. The lowest BCUT2D eigenvalue weighted by molar-refractivity contribution is -0.113. The molecule has 0 aromatic heterocycles. The van der Waals surface area contributed by atoms with Crippen LogP contribution in [0.3, 0.4) is 0 Å².